The average molecular weight is 425 g/mol. The van der Waals surface area contributed by atoms with Gasteiger partial charge in [0.15, 0.2) is 5.69 Å². The van der Waals surface area contributed by atoms with E-state index in [1.54, 1.807) is 19.2 Å². The van der Waals surface area contributed by atoms with E-state index in [-0.39, 0.29) is 29.5 Å². The first-order valence-electron chi connectivity index (χ1n) is 10.5. The van der Waals surface area contributed by atoms with Crippen molar-refractivity contribution in [2.75, 3.05) is 6.61 Å². The second-order valence-corrected chi connectivity index (χ2v) is 7.46. The lowest BCUT2D eigenvalue weighted by molar-refractivity contribution is 0.0518. The Bertz CT molecular complexity index is 1060. The summed E-state index contributed by atoms with van der Waals surface area (Å²) in [6, 6.07) is 6.02. The standard InChI is InChI=1S/C23H27N3O5/c1-3-5-6-7-17-12-15(14-24-17)13-19-20(23(30)31-4-2)25-26(21(19)27)18-10-8-16(9-11-18)22(28)29/h8-11,13-14,17,25H,3-7,12H2,1-2H3,(H,28,29). The van der Waals surface area contributed by atoms with Gasteiger partial charge < -0.3 is 9.84 Å². The molecule has 2 aromatic rings. The summed E-state index contributed by atoms with van der Waals surface area (Å²) >= 11 is 0. The Morgan fingerprint density at radius 3 is 2.65 bits per heavy atom. The zero-order valence-electron chi connectivity index (χ0n) is 17.8. The number of hydrogen-bond acceptors (Lipinski definition) is 5. The number of carboxylic acid groups (broad SMARTS) is 1. The Balaban J connectivity index is 1.94. The van der Waals surface area contributed by atoms with E-state index in [1.165, 1.54) is 35.4 Å². The van der Waals surface area contributed by atoms with Gasteiger partial charge in [-0.1, -0.05) is 26.2 Å². The first-order chi connectivity index (χ1) is 14.9. The molecule has 1 aliphatic heterocycles. The van der Waals surface area contributed by atoms with Gasteiger partial charge in [-0.05, 0) is 55.7 Å². The summed E-state index contributed by atoms with van der Waals surface area (Å²) in [6.07, 6.45) is 8.62. The molecule has 0 fully saturated rings. The van der Waals surface area contributed by atoms with E-state index in [0.29, 0.717) is 5.69 Å². The van der Waals surface area contributed by atoms with E-state index >= 15 is 0 Å². The van der Waals surface area contributed by atoms with E-state index in [1.807, 2.05) is 0 Å². The van der Waals surface area contributed by atoms with Crippen LogP contribution in [0.5, 0.6) is 0 Å². The molecule has 0 amide bonds. The van der Waals surface area contributed by atoms with Crippen LogP contribution in [0.1, 0.15) is 72.4 Å². The molecule has 1 atom stereocenters. The third-order valence-corrected chi connectivity index (χ3v) is 5.17. The number of carbonyl (C=O) groups is 2. The lowest BCUT2D eigenvalue weighted by Gasteiger charge is -2.05. The van der Waals surface area contributed by atoms with Gasteiger partial charge in [0.1, 0.15) is 0 Å². The molecule has 0 saturated heterocycles. The number of H-pyrrole nitrogens is 1. The summed E-state index contributed by atoms with van der Waals surface area (Å²) in [4.78, 5) is 41.2. The fourth-order valence-corrected chi connectivity index (χ4v) is 3.54. The minimum atomic E-state index is -1.06. The van der Waals surface area contributed by atoms with Crippen LogP contribution < -0.4 is 5.56 Å². The Labute approximate surface area is 180 Å². The first kappa shape index (κ1) is 22.3. The molecule has 8 nitrogen and oxygen atoms in total. The van der Waals surface area contributed by atoms with Crippen molar-refractivity contribution in [2.24, 2.45) is 4.99 Å². The number of carboxylic acids is 1. The molecule has 1 aromatic heterocycles. The van der Waals surface area contributed by atoms with Gasteiger partial charge in [0, 0.05) is 6.21 Å². The van der Waals surface area contributed by atoms with Crippen LogP contribution in [-0.2, 0) is 4.74 Å². The molecule has 3 rings (SSSR count). The van der Waals surface area contributed by atoms with Crippen LogP contribution in [0.25, 0.3) is 11.8 Å². The topological polar surface area (TPSA) is 114 Å². The van der Waals surface area contributed by atoms with Crippen LogP contribution in [0, 0.1) is 0 Å². The maximum absolute atomic E-state index is 13.1. The largest absolute Gasteiger partial charge is 0.478 e. The second kappa shape index (κ2) is 10.1. The number of esters is 1. The molecule has 1 aliphatic rings. The predicted molar refractivity (Wildman–Crippen MR) is 118 cm³/mol. The number of nitrogens with one attached hydrogen (secondary N) is 1. The summed E-state index contributed by atoms with van der Waals surface area (Å²) in [5, 5.41) is 11.9. The van der Waals surface area contributed by atoms with Crippen LogP contribution >= 0.6 is 0 Å². The SMILES string of the molecule is CCCCCC1CC(=Cc2c(C(=O)OCC)[nH]n(-c3ccc(C(=O)O)cc3)c2=O)C=N1. The normalized spacial score (nSPS) is 16.7. The smallest absolute Gasteiger partial charge is 0.357 e. The molecule has 1 aromatic carbocycles. The highest BCUT2D eigenvalue weighted by Crippen LogP contribution is 2.22. The van der Waals surface area contributed by atoms with E-state index < -0.39 is 17.5 Å². The van der Waals surface area contributed by atoms with Gasteiger partial charge in [-0.2, -0.15) is 0 Å². The summed E-state index contributed by atoms with van der Waals surface area (Å²) in [7, 11) is 0. The van der Waals surface area contributed by atoms with Gasteiger partial charge in [0.25, 0.3) is 5.56 Å². The highest BCUT2D eigenvalue weighted by molar-refractivity contribution is 5.95. The number of rotatable bonds is 9. The number of nitrogens with zero attached hydrogens (tertiary/aromatic N) is 2. The monoisotopic (exact) mass is 425 g/mol. The lowest BCUT2D eigenvalue weighted by Crippen LogP contribution is -2.16. The molecule has 31 heavy (non-hydrogen) atoms. The Morgan fingerprint density at radius 1 is 1.26 bits per heavy atom. The van der Waals surface area contributed by atoms with E-state index in [9.17, 15) is 14.4 Å². The number of ether oxygens (including phenoxy) is 1. The molecular weight excluding hydrogens is 398 g/mol. The minimum absolute atomic E-state index is 0.0597. The summed E-state index contributed by atoms with van der Waals surface area (Å²) in [5.74, 6) is -1.68. The quantitative estimate of drug-likeness (QED) is 0.468. The highest BCUT2D eigenvalue weighted by Gasteiger charge is 2.23. The minimum Gasteiger partial charge on any atom is -0.478 e. The molecule has 0 bridgehead atoms. The van der Waals surface area contributed by atoms with Crippen molar-refractivity contribution in [1.82, 2.24) is 9.78 Å². The van der Waals surface area contributed by atoms with E-state index in [4.69, 9.17) is 9.84 Å². The van der Waals surface area contributed by atoms with Crippen molar-refractivity contribution in [3.05, 3.63) is 57.0 Å². The molecule has 0 saturated carbocycles. The average Bonchev–Trinajstić information content (AvgIpc) is 3.33. The van der Waals surface area contributed by atoms with Crippen molar-refractivity contribution in [3.63, 3.8) is 0 Å². The number of benzene rings is 1. The van der Waals surface area contributed by atoms with Crippen LogP contribution in [-0.4, -0.2) is 45.7 Å². The molecular formula is C23H27N3O5. The highest BCUT2D eigenvalue weighted by atomic mass is 16.5. The molecule has 1 unspecified atom stereocenters. The van der Waals surface area contributed by atoms with Crippen LogP contribution in [0.2, 0.25) is 0 Å². The first-order valence-corrected chi connectivity index (χ1v) is 10.5. The lowest BCUT2D eigenvalue weighted by atomic mass is 10.0. The molecule has 164 valence electrons. The number of aromatic nitrogens is 2. The third kappa shape index (κ3) is 5.20. The van der Waals surface area contributed by atoms with E-state index in [0.717, 1.165) is 31.3 Å². The number of aromatic carboxylic acids is 1. The predicted octanol–water partition coefficient (Wildman–Crippen LogP) is 3.85. The molecule has 0 aliphatic carbocycles. The maximum atomic E-state index is 13.1. The Hall–Kier alpha value is -3.42. The van der Waals surface area contributed by atoms with Crippen molar-refractivity contribution in [1.29, 1.82) is 0 Å². The second-order valence-electron chi connectivity index (χ2n) is 7.46. The molecule has 0 spiro atoms. The number of unbranched alkanes of at least 4 members (excludes halogenated alkanes) is 2. The maximum Gasteiger partial charge on any atom is 0.357 e. The van der Waals surface area contributed by atoms with Crippen molar-refractivity contribution in [2.45, 2.75) is 52.0 Å². The third-order valence-electron chi connectivity index (χ3n) is 5.17. The summed E-state index contributed by atoms with van der Waals surface area (Å²) in [5.41, 5.74) is 1.26. The summed E-state index contributed by atoms with van der Waals surface area (Å²) < 4.78 is 6.33. The zero-order chi connectivity index (χ0) is 22.4. The molecule has 2 N–H and O–H groups in total. The molecule has 0 radical (unpaired) electrons. The van der Waals surface area contributed by atoms with E-state index in [2.05, 4.69) is 17.0 Å². The van der Waals surface area contributed by atoms with Crippen LogP contribution in [0.3, 0.4) is 0 Å². The van der Waals surface area contributed by atoms with Crippen LogP contribution in [0.4, 0.5) is 0 Å². The number of aromatic amines is 1. The van der Waals surface area contributed by atoms with Gasteiger partial charge in [-0.15, -0.1) is 0 Å². The van der Waals surface area contributed by atoms with Crippen molar-refractivity contribution < 1.29 is 19.4 Å². The number of carbonyl (C=O) groups excluding carboxylic acids is 1. The van der Waals surface area contributed by atoms with Crippen molar-refractivity contribution in [3.8, 4) is 5.69 Å². The zero-order valence-corrected chi connectivity index (χ0v) is 17.8. The Morgan fingerprint density at radius 2 is 2.00 bits per heavy atom. The number of aliphatic imine (C=N–C) groups is 1. The van der Waals surface area contributed by atoms with Gasteiger partial charge in [0.2, 0.25) is 0 Å². The molecule has 8 heteroatoms. The molecule has 2 heterocycles. The van der Waals surface area contributed by atoms with Gasteiger partial charge in [-0.25, -0.2) is 14.3 Å². The fraction of sp³-hybridized carbons (Fsp3) is 0.391. The van der Waals surface area contributed by atoms with Gasteiger partial charge >= 0.3 is 11.9 Å². The van der Waals surface area contributed by atoms with Crippen molar-refractivity contribution >= 4 is 24.2 Å². The Kier molecular flexibility index (Phi) is 7.23. The van der Waals surface area contributed by atoms with Crippen LogP contribution in [0.15, 0.2) is 39.6 Å². The number of hydrogen-bond donors (Lipinski definition) is 2. The van der Waals surface area contributed by atoms with Gasteiger partial charge in [0.05, 0.1) is 29.5 Å². The van der Waals surface area contributed by atoms with Gasteiger partial charge in [-0.3, -0.25) is 14.9 Å². The fourth-order valence-electron chi connectivity index (χ4n) is 3.54. The summed E-state index contributed by atoms with van der Waals surface area (Å²) in [6.45, 7) is 4.03.